The number of anilines is 1. The van der Waals surface area contributed by atoms with Crippen LogP contribution in [0.25, 0.3) is 5.70 Å². The Bertz CT molecular complexity index is 555. The van der Waals surface area contributed by atoms with Crippen molar-refractivity contribution in [2.75, 3.05) is 5.32 Å². The molecule has 3 rings (SSSR count). The summed E-state index contributed by atoms with van der Waals surface area (Å²) in [5.41, 5.74) is 3.09. The van der Waals surface area contributed by atoms with Crippen LogP contribution in [0.15, 0.2) is 47.0 Å². The lowest BCUT2D eigenvalue weighted by atomic mass is 10.2. The van der Waals surface area contributed by atoms with Gasteiger partial charge in [0.25, 0.3) is 0 Å². The van der Waals surface area contributed by atoms with Crippen LogP contribution in [0.3, 0.4) is 0 Å². The van der Waals surface area contributed by atoms with E-state index < -0.39 is 0 Å². The first kappa shape index (κ1) is 9.30. The number of thiazole rings is 1. The largest absolute Gasteiger partial charge is 0.351 e. The molecule has 78 valence electrons. The summed E-state index contributed by atoms with van der Waals surface area (Å²) in [6.45, 7) is 0. The molecule has 0 aliphatic carbocycles. The highest BCUT2D eigenvalue weighted by molar-refractivity contribution is 7.10. The number of nitrogens with zero attached hydrogens (tertiary/aromatic N) is 2. The van der Waals surface area contributed by atoms with Gasteiger partial charge in [-0.1, -0.05) is 18.2 Å². The second kappa shape index (κ2) is 3.90. The molecular formula is C12H9N3S. The lowest BCUT2D eigenvalue weighted by Crippen LogP contribution is -1.98. The summed E-state index contributed by atoms with van der Waals surface area (Å²) < 4.78 is 0. The summed E-state index contributed by atoms with van der Waals surface area (Å²) in [7, 11) is 0. The van der Waals surface area contributed by atoms with Gasteiger partial charge in [-0.2, -0.15) is 0 Å². The third-order valence-electron chi connectivity index (χ3n) is 2.31. The molecule has 2 heterocycles. The van der Waals surface area contributed by atoms with E-state index in [0.29, 0.717) is 0 Å². The highest BCUT2D eigenvalue weighted by Crippen LogP contribution is 2.24. The normalized spacial score (nSPS) is 13.6. The number of rotatable bonds is 1. The average molecular weight is 227 g/mol. The van der Waals surface area contributed by atoms with Crippen molar-refractivity contribution in [3.63, 3.8) is 0 Å². The van der Waals surface area contributed by atoms with E-state index in [1.165, 1.54) is 0 Å². The minimum Gasteiger partial charge on any atom is -0.351 e. The Morgan fingerprint density at radius 3 is 3.00 bits per heavy atom. The van der Waals surface area contributed by atoms with E-state index in [4.69, 9.17) is 0 Å². The standard InChI is InChI=1S/C12H9N3S/c1-2-4-10-9(3-1)7-13-8-11(15-10)12-14-5-6-16-12/h1-8,15H. The molecule has 2 aromatic rings. The number of aromatic nitrogens is 1. The quantitative estimate of drug-likeness (QED) is 0.813. The number of nitrogens with one attached hydrogen (secondary N) is 1. The van der Waals surface area contributed by atoms with Crippen molar-refractivity contribution < 1.29 is 0 Å². The maximum absolute atomic E-state index is 4.27. The molecule has 0 saturated carbocycles. The first-order valence-corrected chi connectivity index (χ1v) is 5.81. The summed E-state index contributed by atoms with van der Waals surface area (Å²) in [5, 5.41) is 6.26. The summed E-state index contributed by atoms with van der Waals surface area (Å²) in [6.07, 6.45) is 5.45. The van der Waals surface area contributed by atoms with Gasteiger partial charge in [0, 0.05) is 29.0 Å². The molecule has 1 aliphatic rings. The molecule has 0 fully saturated rings. The van der Waals surface area contributed by atoms with Crippen LogP contribution in [0.1, 0.15) is 10.6 Å². The van der Waals surface area contributed by atoms with Crippen LogP contribution < -0.4 is 5.32 Å². The summed E-state index contributed by atoms with van der Waals surface area (Å²) in [6, 6.07) is 8.07. The third kappa shape index (κ3) is 1.63. The van der Waals surface area contributed by atoms with Gasteiger partial charge >= 0.3 is 0 Å². The van der Waals surface area contributed by atoms with E-state index in [0.717, 1.165) is 22.0 Å². The third-order valence-corrected chi connectivity index (χ3v) is 3.12. The predicted molar refractivity (Wildman–Crippen MR) is 67.7 cm³/mol. The van der Waals surface area contributed by atoms with E-state index in [1.54, 1.807) is 23.7 Å². The van der Waals surface area contributed by atoms with Crippen LogP contribution in [-0.4, -0.2) is 11.2 Å². The Morgan fingerprint density at radius 2 is 2.12 bits per heavy atom. The zero-order valence-corrected chi connectivity index (χ0v) is 9.24. The van der Waals surface area contributed by atoms with Gasteiger partial charge in [-0.25, -0.2) is 4.98 Å². The number of hydrogen-bond donors (Lipinski definition) is 1. The maximum Gasteiger partial charge on any atom is 0.141 e. The average Bonchev–Trinajstić information content (AvgIpc) is 2.75. The summed E-state index contributed by atoms with van der Waals surface area (Å²) in [4.78, 5) is 8.54. The minimum absolute atomic E-state index is 0.941. The lowest BCUT2D eigenvalue weighted by molar-refractivity contribution is 1.35. The molecule has 0 saturated heterocycles. The predicted octanol–water partition coefficient (Wildman–Crippen LogP) is 2.99. The fraction of sp³-hybridized carbons (Fsp3) is 0. The smallest absolute Gasteiger partial charge is 0.141 e. The highest BCUT2D eigenvalue weighted by Gasteiger charge is 2.09. The van der Waals surface area contributed by atoms with Gasteiger partial charge in [0.1, 0.15) is 5.01 Å². The van der Waals surface area contributed by atoms with E-state index in [9.17, 15) is 0 Å². The molecule has 0 amide bonds. The van der Waals surface area contributed by atoms with Crippen molar-refractivity contribution in [1.82, 2.24) is 4.98 Å². The van der Waals surface area contributed by atoms with Gasteiger partial charge in [0.05, 0.1) is 11.9 Å². The monoisotopic (exact) mass is 227 g/mol. The Labute approximate surface area is 97.2 Å². The molecule has 1 aromatic heterocycles. The van der Waals surface area contributed by atoms with Crippen LogP contribution >= 0.6 is 11.3 Å². The summed E-state index contributed by atoms with van der Waals surface area (Å²) >= 11 is 1.60. The Morgan fingerprint density at radius 1 is 1.19 bits per heavy atom. The molecule has 3 nitrogen and oxygen atoms in total. The van der Waals surface area contributed by atoms with Crippen LogP contribution in [0.4, 0.5) is 5.69 Å². The first-order valence-electron chi connectivity index (χ1n) is 4.93. The first-order chi connectivity index (χ1) is 7.93. The van der Waals surface area contributed by atoms with E-state index in [1.807, 2.05) is 35.9 Å². The molecule has 0 atom stereocenters. The van der Waals surface area contributed by atoms with Crippen molar-refractivity contribution in [1.29, 1.82) is 0 Å². The van der Waals surface area contributed by atoms with Crippen molar-refractivity contribution in [3.05, 3.63) is 52.6 Å². The van der Waals surface area contributed by atoms with Crippen molar-refractivity contribution in [2.45, 2.75) is 0 Å². The number of benzene rings is 1. The number of para-hydroxylation sites is 1. The number of fused-ring (bicyclic) bond motifs is 1. The van der Waals surface area contributed by atoms with Gasteiger partial charge in [-0.15, -0.1) is 11.3 Å². The zero-order chi connectivity index (χ0) is 10.8. The van der Waals surface area contributed by atoms with E-state index >= 15 is 0 Å². The van der Waals surface area contributed by atoms with Gasteiger partial charge in [-0.3, -0.25) is 4.99 Å². The molecule has 0 radical (unpaired) electrons. The fourth-order valence-electron chi connectivity index (χ4n) is 1.56. The fourth-order valence-corrected chi connectivity index (χ4v) is 2.16. The molecule has 1 N–H and O–H groups in total. The molecular weight excluding hydrogens is 218 g/mol. The highest BCUT2D eigenvalue weighted by atomic mass is 32.1. The topological polar surface area (TPSA) is 37.3 Å². The molecule has 1 aromatic carbocycles. The van der Waals surface area contributed by atoms with Gasteiger partial charge in [0.15, 0.2) is 0 Å². The van der Waals surface area contributed by atoms with Crippen molar-refractivity contribution >= 4 is 28.9 Å². The maximum atomic E-state index is 4.27. The zero-order valence-electron chi connectivity index (χ0n) is 8.42. The second-order valence-electron chi connectivity index (χ2n) is 3.37. The van der Waals surface area contributed by atoms with Crippen molar-refractivity contribution in [2.24, 2.45) is 4.99 Å². The van der Waals surface area contributed by atoms with Crippen molar-refractivity contribution in [3.8, 4) is 0 Å². The second-order valence-corrected chi connectivity index (χ2v) is 4.27. The Kier molecular flexibility index (Phi) is 2.27. The van der Waals surface area contributed by atoms with Crippen LogP contribution in [-0.2, 0) is 0 Å². The Hall–Kier alpha value is -1.94. The lowest BCUT2D eigenvalue weighted by Gasteiger charge is -2.07. The number of hydrogen-bond acceptors (Lipinski definition) is 4. The van der Waals surface area contributed by atoms with E-state index in [-0.39, 0.29) is 0 Å². The van der Waals surface area contributed by atoms with Gasteiger partial charge in [0.2, 0.25) is 0 Å². The Balaban J connectivity index is 2.03. The molecule has 0 bridgehead atoms. The van der Waals surface area contributed by atoms with E-state index in [2.05, 4.69) is 15.3 Å². The van der Waals surface area contributed by atoms with Gasteiger partial charge in [-0.05, 0) is 6.07 Å². The molecule has 16 heavy (non-hydrogen) atoms. The number of aliphatic imine (C=N–C) groups is 1. The van der Waals surface area contributed by atoms with Gasteiger partial charge < -0.3 is 5.32 Å². The minimum atomic E-state index is 0.941. The van der Waals surface area contributed by atoms with Crippen LogP contribution in [0.2, 0.25) is 0 Å². The SMILES string of the molecule is C1=NC=C(c2nccs2)Nc2ccccc21. The summed E-state index contributed by atoms with van der Waals surface area (Å²) in [5.74, 6) is 0. The molecule has 0 spiro atoms. The van der Waals surface area contributed by atoms with Crippen LogP contribution in [0, 0.1) is 0 Å². The molecule has 1 aliphatic heterocycles. The molecule has 4 heteroatoms. The molecule has 0 unspecified atom stereocenters. The van der Waals surface area contributed by atoms with Crippen LogP contribution in [0.5, 0.6) is 0 Å².